The van der Waals surface area contributed by atoms with Crippen molar-refractivity contribution in [2.45, 2.75) is 77.7 Å². The molecule has 1 aliphatic carbocycles. The second kappa shape index (κ2) is 11.1. The summed E-state index contributed by atoms with van der Waals surface area (Å²) in [5.41, 5.74) is 0. The molecule has 2 unspecified atom stereocenters. The van der Waals surface area contributed by atoms with E-state index in [0.717, 1.165) is 18.8 Å². The Morgan fingerprint density at radius 2 is 1.55 bits per heavy atom. The van der Waals surface area contributed by atoms with Crippen LogP contribution >= 0.6 is 0 Å². The number of hydrogen-bond donors (Lipinski definition) is 0. The normalized spacial score (nSPS) is 27.6. The molecule has 0 N–H and O–H groups in total. The largest absolute Gasteiger partial charge is 0.491 e. The van der Waals surface area contributed by atoms with Crippen LogP contribution in [0.3, 0.4) is 0 Å². The molecule has 164 valence electrons. The fourth-order valence-electron chi connectivity index (χ4n) is 4.77. The molecule has 1 heterocycles. The van der Waals surface area contributed by atoms with E-state index >= 15 is 0 Å². The van der Waals surface area contributed by atoms with Crippen molar-refractivity contribution in [3.8, 4) is 11.5 Å². The fourth-order valence-corrected chi connectivity index (χ4v) is 4.77. The monoisotopic (exact) mass is 410 g/mol. The van der Waals surface area contributed by atoms with Crippen LogP contribution in [0.1, 0.15) is 71.6 Å². The standard InChI is InChI=1S/C24H36F2O3/c1-3-5-6-17-7-10-19(11-8-17)20-12-9-18(15-28-20)16-29-22-14-13-21(27-4-2)23(25)24(22)26/h13-14,17-20H,3-12,15-16H2,1-2H3. The predicted octanol–water partition coefficient (Wildman–Crippen LogP) is 6.53. The van der Waals surface area contributed by atoms with E-state index < -0.39 is 11.6 Å². The molecule has 0 bridgehead atoms. The number of rotatable bonds is 9. The van der Waals surface area contributed by atoms with Gasteiger partial charge in [0.05, 0.1) is 25.9 Å². The molecular weight excluding hydrogens is 374 g/mol. The van der Waals surface area contributed by atoms with Crippen molar-refractivity contribution in [1.82, 2.24) is 0 Å². The number of unbranched alkanes of at least 4 members (excludes halogenated alkanes) is 1. The van der Waals surface area contributed by atoms with Crippen molar-refractivity contribution >= 4 is 0 Å². The van der Waals surface area contributed by atoms with Crippen molar-refractivity contribution in [2.75, 3.05) is 19.8 Å². The van der Waals surface area contributed by atoms with Crippen molar-refractivity contribution in [3.05, 3.63) is 23.8 Å². The van der Waals surface area contributed by atoms with E-state index in [-0.39, 0.29) is 24.0 Å². The number of ether oxygens (including phenoxy) is 3. The zero-order chi connectivity index (χ0) is 20.6. The Bertz CT molecular complexity index is 621. The van der Waals surface area contributed by atoms with E-state index in [1.54, 1.807) is 6.92 Å². The highest BCUT2D eigenvalue weighted by molar-refractivity contribution is 5.35. The summed E-state index contributed by atoms with van der Waals surface area (Å²) in [6, 6.07) is 2.86. The van der Waals surface area contributed by atoms with Gasteiger partial charge in [-0.15, -0.1) is 0 Å². The molecule has 0 aromatic heterocycles. The molecular formula is C24H36F2O3. The minimum Gasteiger partial charge on any atom is -0.491 e. The average molecular weight is 411 g/mol. The molecule has 1 aromatic rings. The van der Waals surface area contributed by atoms with Gasteiger partial charge in [0.2, 0.25) is 11.6 Å². The van der Waals surface area contributed by atoms with E-state index in [2.05, 4.69) is 6.92 Å². The molecule has 3 rings (SSSR count). The van der Waals surface area contributed by atoms with Gasteiger partial charge in [-0.3, -0.25) is 0 Å². The maximum Gasteiger partial charge on any atom is 0.204 e. The van der Waals surface area contributed by atoms with Crippen molar-refractivity contribution < 1.29 is 23.0 Å². The van der Waals surface area contributed by atoms with E-state index in [4.69, 9.17) is 14.2 Å². The summed E-state index contributed by atoms with van der Waals surface area (Å²) in [5, 5.41) is 0. The first-order chi connectivity index (χ1) is 14.1. The van der Waals surface area contributed by atoms with Crippen molar-refractivity contribution in [3.63, 3.8) is 0 Å². The Labute approximate surface area is 174 Å². The van der Waals surface area contributed by atoms with Crippen LogP contribution in [0.25, 0.3) is 0 Å². The van der Waals surface area contributed by atoms with Crippen LogP contribution in [0.15, 0.2) is 12.1 Å². The molecule has 29 heavy (non-hydrogen) atoms. The molecule has 2 aliphatic rings. The van der Waals surface area contributed by atoms with Gasteiger partial charge in [-0.05, 0) is 56.6 Å². The maximum atomic E-state index is 14.1. The SMILES string of the molecule is CCCCC1CCC(C2CCC(COc3ccc(OCC)c(F)c3F)CO2)CC1. The number of benzene rings is 1. The summed E-state index contributed by atoms with van der Waals surface area (Å²) in [4.78, 5) is 0. The Morgan fingerprint density at radius 3 is 2.14 bits per heavy atom. The van der Waals surface area contributed by atoms with Gasteiger partial charge in [0.1, 0.15) is 0 Å². The summed E-state index contributed by atoms with van der Waals surface area (Å²) >= 11 is 0. The molecule has 2 atom stereocenters. The molecule has 0 spiro atoms. The third kappa shape index (κ3) is 6.07. The van der Waals surface area contributed by atoms with Crippen LogP contribution in [-0.2, 0) is 4.74 Å². The highest BCUT2D eigenvalue weighted by atomic mass is 19.2. The minimum absolute atomic E-state index is 0.0570. The maximum absolute atomic E-state index is 14.1. The summed E-state index contributed by atoms with van der Waals surface area (Å²) in [6.07, 6.45) is 11.7. The van der Waals surface area contributed by atoms with Gasteiger partial charge in [-0.25, -0.2) is 0 Å². The van der Waals surface area contributed by atoms with Gasteiger partial charge in [0.15, 0.2) is 11.5 Å². The summed E-state index contributed by atoms with van der Waals surface area (Å²) in [6.45, 7) is 5.28. The molecule has 2 fully saturated rings. The summed E-state index contributed by atoms with van der Waals surface area (Å²) < 4.78 is 44.9. The number of halogens is 2. The highest BCUT2D eigenvalue weighted by Crippen LogP contribution is 2.37. The smallest absolute Gasteiger partial charge is 0.204 e. The molecule has 1 aliphatic heterocycles. The lowest BCUT2D eigenvalue weighted by atomic mass is 9.76. The Hall–Kier alpha value is -1.36. The summed E-state index contributed by atoms with van der Waals surface area (Å²) in [7, 11) is 0. The number of hydrogen-bond acceptors (Lipinski definition) is 3. The first-order valence-corrected chi connectivity index (χ1v) is 11.5. The third-order valence-electron chi connectivity index (χ3n) is 6.57. The molecule has 1 aromatic carbocycles. The molecule has 5 heteroatoms. The lowest BCUT2D eigenvalue weighted by Gasteiger charge is -2.37. The van der Waals surface area contributed by atoms with Crippen molar-refractivity contribution in [2.24, 2.45) is 17.8 Å². The van der Waals surface area contributed by atoms with Crippen LogP contribution in [0.5, 0.6) is 11.5 Å². The topological polar surface area (TPSA) is 27.7 Å². The first kappa shape index (κ1) is 22.3. The van der Waals surface area contributed by atoms with Crippen LogP contribution in [0.2, 0.25) is 0 Å². The van der Waals surface area contributed by atoms with Gasteiger partial charge in [-0.1, -0.05) is 39.0 Å². The second-order valence-corrected chi connectivity index (χ2v) is 8.67. The van der Waals surface area contributed by atoms with Gasteiger partial charge in [-0.2, -0.15) is 8.78 Å². The fraction of sp³-hybridized carbons (Fsp3) is 0.750. The summed E-state index contributed by atoms with van der Waals surface area (Å²) in [5.74, 6) is -0.276. The quantitative estimate of drug-likeness (QED) is 0.463. The van der Waals surface area contributed by atoms with Gasteiger partial charge < -0.3 is 14.2 Å². The molecule has 0 amide bonds. The molecule has 1 saturated heterocycles. The minimum atomic E-state index is -0.987. The van der Waals surface area contributed by atoms with Crippen LogP contribution in [0.4, 0.5) is 8.78 Å². The Balaban J connectivity index is 1.40. The van der Waals surface area contributed by atoms with Gasteiger partial charge >= 0.3 is 0 Å². The zero-order valence-electron chi connectivity index (χ0n) is 17.9. The van der Waals surface area contributed by atoms with E-state index in [1.165, 1.54) is 57.1 Å². The first-order valence-electron chi connectivity index (χ1n) is 11.5. The Morgan fingerprint density at radius 1 is 0.897 bits per heavy atom. The highest BCUT2D eigenvalue weighted by Gasteiger charge is 2.32. The lowest BCUT2D eigenvalue weighted by Crippen LogP contribution is -2.35. The molecule has 3 nitrogen and oxygen atoms in total. The Kier molecular flexibility index (Phi) is 8.58. The molecule has 0 radical (unpaired) electrons. The van der Waals surface area contributed by atoms with Crippen LogP contribution in [-0.4, -0.2) is 25.9 Å². The molecule has 1 saturated carbocycles. The van der Waals surface area contributed by atoms with Crippen LogP contribution < -0.4 is 9.47 Å². The van der Waals surface area contributed by atoms with E-state index in [1.807, 2.05) is 0 Å². The zero-order valence-corrected chi connectivity index (χ0v) is 17.9. The van der Waals surface area contributed by atoms with E-state index in [9.17, 15) is 8.78 Å². The second-order valence-electron chi connectivity index (χ2n) is 8.67. The average Bonchev–Trinajstić information content (AvgIpc) is 2.76. The van der Waals surface area contributed by atoms with Gasteiger partial charge in [0.25, 0.3) is 0 Å². The predicted molar refractivity (Wildman–Crippen MR) is 110 cm³/mol. The third-order valence-corrected chi connectivity index (χ3v) is 6.57. The van der Waals surface area contributed by atoms with Crippen LogP contribution in [0, 0.1) is 29.4 Å². The van der Waals surface area contributed by atoms with E-state index in [0.29, 0.717) is 25.2 Å². The van der Waals surface area contributed by atoms with Crippen molar-refractivity contribution in [1.29, 1.82) is 0 Å². The van der Waals surface area contributed by atoms with Gasteiger partial charge in [0, 0.05) is 5.92 Å². The lowest BCUT2D eigenvalue weighted by molar-refractivity contribution is -0.0656.